The summed E-state index contributed by atoms with van der Waals surface area (Å²) < 4.78 is 22.9. The van der Waals surface area contributed by atoms with Gasteiger partial charge in [-0.3, -0.25) is 4.79 Å². The minimum absolute atomic E-state index is 0.109. The molecule has 0 aromatic heterocycles. The number of rotatable bonds is 5. The second kappa shape index (κ2) is 6.94. The van der Waals surface area contributed by atoms with E-state index in [0.717, 1.165) is 6.07 Å². The van der Waals surface area contributed by atoms with Gasteiger partial charge in [0.15, 0.2) is 18.2 Å². The van der Waals surface area contributed by atoms with E-state index in [1.165, 1.54) is 26.2 Å². The van der Waals surface area contributed by atoms with Gasteiger partial charge in [-0.25, -0.2) is 9.18 Å². The van der Waals surface area contributed by atoms with Gasteiger partial charge in [0.25, 0.3) is 0 Å². The van der Waals surface area contributed by atoms with Gasteiger partial charge >= 0.3 is 5.97 Å². The Kier molecular flexibility index (Phi) is 5.57. The zero-order chi connectivity index (χ0) is 14.4. The lowest BCUT2D eigenvalue weighted by atomic mass is 10.2. The lowest BCUT2D eigenvalue weighted by molar-refractivity contribution is -0.143. The van der Waals surface area contributed by atoms with Crippen molar-refractivity contribution in [2.75, 3.05) is 19.0 Å². The molecule has 0 fully saturated rings. The Morgan fingerprint density at radius 1 is 1.47 bits per heavy atom. The number of amides is 1. The highest BCUT2D eigenvalue weighted by molar-refractivity contribution is 6.32. The molecule has 1 aromatic carbocycles. The molecule has 0 heterocycles. The standard InChI is InChI=1S/C12H13ClFNO4/c1-7(13)12(17)15-8-3-4-10(9(14)5-8)19-6-11(16)18-2/h3-5,7H,6H2,1-2H3,(H,15,17). The summed E-state index contributed by atoms with van der Waals surface area (Å²) in [6.07, 6.45) is 0. The van der Waals surface area contributed by atoms with E-state index >= 15 is 0 Å². The molecule has 0 bridgehead atoms. The number of alkyl halides is 1. The van der Waals surface area contributed by atoms with Gasteiger partial charge in [0.2, 0.25) is 5.91 Å². The highest BCUT2D eigenvalue weighted by Crippen LogP contribution is 2.21. The summed E-state index contributed by atoms with van der Waals surface area (Å²) in [5.41, 5.74) is 0.250. The van der Waals surface area contributed by atoms with Crippen LogP contribution in [0, 0.1) is 5.82 Å². The summed E-state index contributed by atoms with van der Waals surface area (Å²) >= 11 is 5.57. The number of esters is 1. The molecule has 104 valence electrons. The fourth-order valence-electron chi connectivity index (χ4n) is 1.13. The highest BCUT2D eigenvalue weighted by Gasteiger charge is 2.12. The Balaban J connectivity index is 2.69. The van der Waals surface area contributed by atoms with Crippen LogP contribution < -0.4 is 10.1 Å². The predicted molar refractivity (Wildman–Crippen MR) is 67.9 cm³/mol. The van der Waals surface area contributed by atoms with Gasteiger partial charge in [-0.15, -0.1) is 11.6 Å². The summed E-state index contributed by atoms with van der Waals surface area (Å²) in [5, 5.41) is 1.70. The molecule has 1 amide bonds. The number of nitrogens with one attached hydrogen (secondary N) is 1. The summed E-state index contributed by atoms with van der Waals surface area (Å²) in [4.78, 5) is 22.1. The fourth-order valence-corrected chi connectivity index (χ4v) is 1.19. The number of hydrogen-bond acceptors (Lipinski definition) is 4. The largest absolute Gasteiger partial charge is 0.479 e. The molecule has 0 aliphatic heterocycles. The van der Waals surface area contributed by atoms with Crippen molar-refractivity contribution >= 4 is 29.2 Å². The van der Waals surface area contributed by atoms with Crippen LogP contribution in [0.1, 0.15) is 6.92 Å². The zero-order valence-corrected chi connectivity index (χ0v) is 11.2. The van der Waals surface area contributed by atoms with Crippen LogP contribution in [0.2, 0.25) is 0 Å². The Labute approximate surface area is 114 Å². The van der Waals surface area contributed by atoms with Crippen molar-refractivity contribution in [1.82, 2.24) is 0 Å². The first kappa shape index (κ1) is 15.2. The van der Waals surface area contributed by atoms with Crippen LogP contribution in [0.5, 0.6) is 5.75 Å². The molecule has 0 aliphatic rings. The lowest BCUT2D eigenvalue weighted by Crippen LogP contribution is -2.20. The number of ether oxygens (including phenoxy) is 2. The van der Waals surface area contributed by atoms with E-state index in [1.807, 2.05) is 0 Å². The summed E-state index contributed by atoms with van der Waals surface area (Å²) in [6.45, 7) is 1.11. The molecule has 7 heteroatoms. The number of hydrogen-bond donors (Lipinski definition) is 1. The summed E-state index contributed by atoms with van der Waals surface area (Å²) in [6, 6.07) is 3.81. The Hall–Kier alpha value is -1.82. The number of carbonyl (C=O) groups excluding carboxylic acids is 2. The van der Waals surface area contributed by atoms with Crippen molar-refractivity contribution in [1.29, 1.82) is 0 Å². The van der Waals surface area contributed by atoms with Crippen LogP contribution in [-0.2, 0) is 14.3 Å². The van der Waals surface area contributed by atoms with Gasteiger partial charge in [-0.1, -0.05) is 0 Å². The first-order valence-electron chi connectivity index (χ1n) is 5.38. The number of methoxy groups -OCH3 is 1. The summed E-state index contributed by atoms with van der Waals surface area (Å²) in [5.74, 6) is -1.87. The maximum absolute atomic E-state index is 13.6. The first-order valence-corrected chi connectivity index (χ1v) is 5.81. The monoisotopic (exact) mass is 289 g/mol. The van der Waals surface area contributed by atoms with Crippen LogP contribution in [0.3, 0.4) is 0 Å². The van der Waals surface area contributed by atoms with E-state index in [1.54, 1.807) is 0 Å². The van der Waals surface area contributed by atoms with E-state index in [4.69, 9.17) is 16.3 Å². The van der Waals surface area contributed by atoms with Crippen molar-refractivity contribution in [2.24, 2.45) is 0 Å². The van der Waals surface area contributed by atoms with Crippen LogP contribution in [0.25, 0.3) is 0 Å². The maximum atomic E-state index is 13.6. The Bertz CT molecular complexity index is 479. The van der Waals surface area contributed by atoms with E-state index in [2.05, 4.69) is 10.1 Å². The molecule has 0 saturated heterocycles. The molecule has 19 heavy (non-hydrogen) atoms. The molecule has 1 rings (SSSR count). The number of benzene rings is 1. The molecule has 0 radical (unpaired) electrons. The average molecular weight is 290 g/mol. The summed E-state index contributed by atoms with van der Waals surface area (Å²) in [7, 11) is 1.20. The normalized spacial score (nSPS) is 11.6. The molecule has 0 aliphatic carbocycles. The van der Waals surface area contributed by atoms with E-state index in [-0.39, 0.29) is 11.4 Å². The fraction of sp³-hybridized carbons (Fsp3) is 0.333. The maximum Gasteiger partial charge on any atom is 0.343 e. The van der Waals surface area contributed by atoms with Gasteiger partial charge in [0, 0.05) is 11.8 Å². The molecule has 1 atom stereocenters. The number of halogens is 2. The van der Waals surface area contributed by atoms with Crippen molar-refractivity contribution < 1.29 is 23.5 Å². The molecule has 1 aromatic rings. The lowest BCUT2D eigenvalue weighted by Gasteiger charge is -2.09. The van der Waals surface area contributed by atoms with Gasteiger partial charge in [-0.05, 0) is 19.1 Å². The predicted octanol–water partition coefficient (Wildman–Crippen LogP) is 1.94. The van der Waals surface area contributed by atoms with E-state index in [9.17, 15) is 14.0 Å². The first-order chi connectivity index (χ1) is 8.93. The molecule has 1 unspecified atom stereocenters. The van der Waals surface area contributed by atoms with Crippen molar-refractivity contribution in [3.8, 4) is 5.75 Å². The molecule has 0 spiro atoms. The minimum Gasteiger partial charge on any atom is -0.479 e. The molecule has 0 saturated carbocycles. The van der Waals surface area contributed by atoms with Gasteiger partial charge in [0.1, 0.15) is 5.38 Å². The third-order valence-corrected chi connectivity index (χ3v) is 2.33. The highest BCUT2D eigenvalue weighted by atomic mass is 35.5. The van der Waals surface area contributed by atoms with Crippen molar-refractivity contribution in [2.45, 2.75) is 12.3 Å². The average Bonchev–Trinajstić information content (AvgIpc) is 2.37. The van der Waals surface area contributed by atoms with Crippen LogP contribution in [-0.4, -0.2) is 31.0 Å². The SMILES string of the molecule is COC(=O)COc1ccc(NC(=O)C(C)Cl)cc1F. The third kappa shape index (κ3) is 4.75. The smallest absolute Gasteiger partial charge is 0.343 e. The van der Waals surface area contributed by atoms with Crippen molar-refractivity contribution in [3.63, 3.8) is 0 Å². The number of carbonyl (C=O) groups is 2. The number of anilines is 1. The molecular weight excluding hydrogens is 277 g/mol. The van der Waals surface area contributed by atoms with Crippen LogP contribution in [0.4, 0.5) is 10.1 Å². The second-order valence-electron chi connectivity index (χ2n) is 3.62. The topological polar surface area (TPSA) is 64.6 Å². The van der Waals surface area contributed by atoms with Gasteiger partial charge in [-0.2, -0.15) is 0 Å². The van der Waals surface area contributed by atoms with Crippen molar-refractivity contribution in [3.05, 3.63) is 24.0 Å². The van der Waals surface area contributed by atoms with Gasteiger partial charge < -0.3 is 14.8 Å². The Morgan fingerprint density at radius 2 is 2.16 bits per heavy atom. The minimum atomic E-state index is -0.724. The van der Waals surface area contributed by atoms with Crippen LogP contribution >= 0.6 is 11.6 Å². The molecule has 5 nitrogen and oxygen atoms in total. The quantitative estimate of drug-likeness (QED) is 0.664. The van der Waals surface area contributed by atoms with Gasteiger partial charge in [0.05, 0.1) is 7.11 Å². The van der Waals surface area contributed by atoms with E-state index < -0.39 is 29.7 Å². The molecular formula is C12H13ClFNO4. The van der Waals surface area contributed by atoms with E-state index in [0.29, 0.717) is 0 Å². The second-order valence-corrected chi connectivity index (χ2v) is 4.27. The zero-order valence-electron chi connectivity index (χ0n) is 10.4. The third-order valence-electron chi connectivity index (χ3n) is 2.13. The Morgan fingerprint density at radius 3 is 2.68 bits per heavy atom. The molecule has 1 N–H and O–H groups in total. The van der Waals surface area contributed by atoms with Crippen LogP contribution in [0.15, 0.2) is 18.2 Å².